The van der Waals surface area contributed by atoms with Gasteiger partial charge in [0.1, 0.15) is 5.75 Å². The standard InChI is InChI=1S/C15H23NO/c1-11(2)13-5-6-14(15(17)9-13)8-12-4-3-7-16-10-12/h5-6,9,11-12,16-17H,3-4,7-8,10H2,1-2H3. The maximum atomic E-state index is 10.1. The lowest BCUT2D eigenvalue weighted by molar-refractivity contribution is 0.369. The molecule has 1 aromatic rings. The highest BCUT2D eigenvalue weighted by atomic mass is 16.3. The molecule has 1 heterocycles. The Bertz CT molecular complexity index is 367. The third-order valence-electron chi connectivity index (χ3n) is 3.68. The number of hydrogen-bond acceptors (Lipinski definition) is 2. The van der Waals surface area contributed by atoms with E-state index >= 15 is 0 Å². The van der Waals surface area contributed by atoms with Crippen molar-refractivity contribution >= 4 is 0 Å². The summed E-state index contributed by atoms with van der Waals surface area (Å²) in [6.07, 6.45) is 3.53. The highest BCUT2D eigenvalue weighted by molar-refractivity contribution is 5.37. The molecule has 2 heteroatoms. The summed E-state index contributed by atoms with van der Waals surface area (Å²) in [6, 6.07) is 6.17. The maximum absolute atomic E-state index is 10.1. The Morgan fingerprint density at radius 1 is 1.41 bits per heavy atom. The molecule has 0 amide bonds. The highest BCUT2D eigenvalue weighted by Crippen LogP contribution is 2.27. The van der Waals surface area contributed by atoms with Gasteiger partial charge in [-0.05, 0) is 61.4 Å². The summed E-state index contributed by atoms with van der Waals surface area (Å²) in [5.41, 5.74) is 2.32. The molecule has 0 spiro atoms. The number of nitrogens with one attached hydrogen (secondary N) is 1. The Morgan fingerprint density at radius 3 is 2.82 bits per heavy atom. The second-order valence-corrected chi connectivity index (χ2v) is 5.46. The molecule has 1 aromatic carbocycles. The molecule has 17 heavy (non-hydrogen) atoms. The molecule has 1 fully saturated rings. The van der Waals surface area contributed by atoms with E-state index in [4.69, 9.17) is 0 Å². The van der Waals surface area contributed by atoms with E-state index in [1.165, 1.54) is 18.4 Å². The van der Waals surface area contributed by atoms with Crippen molar-refractivity contribution in [1.29, 1.82) is 0 Å². The minimum atomic E-state index is 0.474. The van der Waals surface area contributed by atoms with Crippen LogP contribution >= 0.6 is 0 Å². The zero-order valence-electron chi connectivity index (χ0n) is 10.9. The van der Waals surface area contributed by atoms with Crippen molar-refractivity contribution in [3.8, 4) is 5.75 Å². The SMILES string of the molecule is CC(C)c1ccc(CC2CCCNC2)c(O)c1. The van der Waals surface area contributed by atoms with Crippen LogP contribution in [0.3, 0.4) is 0 Å². The molecule has 0 bridgehead atoms. The lowest BCUT2D eigenvalue weighted by Crippen LogP contribution is -2.30. The molecule has 0 aliphatic carbocycles. The Morgan fingerprint density at radius 2 is 2.24 bits per heavy atom. The first kappa shape index (κ1) is 12.4. The van der Waals surface area contributed by atoms with Crippen LogP contribution in [0.4, 0.5) is 0 Å². The summed E-state index contributed by atoms with van der Waals surface area (Å²) in [5, 5.41) is 13.5. The molecule has 2 nitrogen and oxygen atoms in total. The van der Waals surface area contributed by atoms with Crippen molar-refractivity contribution in [2.24, 2.45) is 5.92 Å². The van der Waals surface area contributed by atoms with Gasteiger partial charge in [-0.3, -0.25) is 0 Å². The monoisotopic (exact) mass is 233 g/mol. The molecular formula is C15H23NO. The second-order valence-electron chi connectivity index (χ2n) is 5.46. The van der Waals surface area contributed by atoms with Crippen LogP contribution in [0, 0.1) is 5.92 Å². The lowest BCUT2D eigenvalue weighted by atomic mass is 9.90. The van der Waals surface area contributed by atoms with Gasteiger partial charge in [0.25, 0.3) is 0 Å². The van der Waals surface area contributed by atoms with E-state index in [-0.39, 0.29) is 0 Å². The molecule has 0 radical (unpaired) electrons. The fourth-order valence-electron chi connectivity index (χ4n) is 2.52. The molecule has 1 aliphatic rings. The van der Waals surface area contributed by atoms with Gasteiger partial charge in [-0.1, -0.05) is 26.0 Å². The molecule has 1 unspecified atom stereocenters. The summed E-state index contributed by atoms with van der Waals surface area (Å²) >= 11 is 0. The molecule has 94 valence electrons. The normalized spacial score (nSPS) is 20.8. The molecule has 1 saturated heterocycles. The van der Waals surface area contributed by atoms with Crippen molar-refractivity contribution in [3.05, 3.63) is 29.3 Å². The first-order chi connectivity index (χ1) is 8.16. The Hall–Kier alpha value is -1.02. The minimum Gasteiger partial charge on any atom is -0.508 e. The van der Waals surface area contributed by atoms with Gasteiger partial charge in [0, 0.05) is 0 Å². The van der Waals surface area contributed by atoms with Crippen LogP contribution in [0.2, 0.25) is 0 Å². The fraction of sp³-hybridized carbons (Fsp3) is 0.600. The molecule has 1 aliphatic heterocycles. The highest BCUT2D eigenvalue weighted by Gasteiger charge is 2.15. The van der Waals surface area contributed by atoms with Gasteiger partial charge in [0.05, 0.1) is 0 Å². The third kappa shape index (κ3) is 3.22. The smallest absolute Gasteiger partial charge is 0.119 e. The molecule has 1 atom stereocenters. The van der Waals surface area contributed by atoms with Crippen molar-refractivity contribution in [2.75, 3.05) is 13.1 Å². The zero-order chi connectivity index (χ0) is 12.3. The second kappa shape index (κ2) is 5.54. The van der Waals surface area contributed by atoms with Crippen LogP contribution in [0.15, 0.2) is 18.2 Å². The van der Waals surface area contributed by atoms with Gasteiger partial charge in [-0.15, -0.1) is 0 Å². The van der Waals surface area contributed by atoms with Crippen LogP contribution < -0.4 is 5.32 Å². The summed E-state index contributed by atoms with van der Waals surface area (Å²) in [6.45, 7) is 6.54. The summed E-state index contributed by atoms with van der Waals surface area (Å²) < 4.78 is 0. The summed E-state index contributed by atoms with van der Waals surface area (Å²) in [7, 11) is 0. The van der Waals surface area contributed by atoms with Crippen molar-refractivity contribution in [3.63, 3.8) is 0 Å². The zero-order valence-corrected chi connectivity index (χ0v) is 10.9. The van der Waals surface area contributed by atoms with Crippen LogP contribution in [0.5, 0.6) is 5.75 Å². The molecule has 2 N–H and O–H groups in total. The molecular weight excluding hydrogens is 210 g/mol. The van der Waals surface area contributed by atoms with Gasteiger partial charge in [0.2, 0.25) is 0 Å². The molecule has 2 rings (SSSR count). The predicted octanol–water partition coefficient (Wildman–Crippen LogP) is 3.06. The van der Waals surface area contributed by atoms with E-state index in [2.05, 4.69) is 31.3 Å². The minimum absolute atomic E-state index is 0.474. The quantitative estimate of drug-likeness (QED) is 0.841. The maximum Gasteiger partial charge on any atom is 0.119 e. The van der Waals surface area contributed by atoms with E-state index in [0.717, 1.165) is 25.1 Å². The average Bonchev–Trinajstić information content (AvgIpc) is 2.33. The van der Waals surface area contributed by atoms with E-state index in [1.807, 2.05) is 6.07 Å². The van der Waals surface area contributed by atoms with E-state index in [9.17, 15) is 5.11 Å². The van der Waals surface area contributed by atoms with Crippen molar-refractivity contribution in [2.45, 2.75) is 39.0 Å². The van der Waals surface area contributed by atoms with E-state index in [0.29, 0.717) is 17.6 Å². The first-order valence-corrected chi connectivity index (χ1v) is 6.69. The number of phenolic OH excluding ortho intramolecular Hbond substituents is 1. The number of benzene rings is 1. The van der Waals surface area contributed by atoms with Crippen LogP contribution in [-0.2, 0) is 6.42 Å². The van der Waals surface area contributed by atoms with Gasteiger partial charge < -0.3 is 10.4 Å². The number of piperidine rings is 1. The number of hydrogen-bond donors (Lipinski definition) is 2. The first-order valence-electron chi connectivity index (χ1n) is 6.69. The predicted molar refractivity (Wildman–Crippen MR) is 71.5 cm³/mol. The van der Waals surface area contributed by atoms with Crippen molar-refractivity contribution < 1.29 is 5.11 Å². The van der Waals surface area contributed by atoms with Crippen LogP contribution in [-0.4, -0.2) is 18.2 Å². The molecule has 0 saturated carbocycles. The van der Waals surface area contributed by atoms with Crippen LogP contribution in [0.25, 0.3) is 0 Å². The van der Waals surface area contributed by atoms with Gasteiger partial charge in [0.15, 0.2) is 0 Å². The largest absolute Gasteiger partial charge is 0.508 e. The lowest BCUT2D eigenvalue weighted by Gasteiger charge is -2.23. The average molecular weight is 233 g/mol. The third-order valence-corrected chi connectivity index (χ3v) is 3.68. The molecule has 0 aromatic heterocycles. The van der Waals surface area contributed by atoms with Crippen LogP contribution in [0.1, 0.15) is 43.7 Å². The number of aromatic hydroxyl groups is 1. The number of phenols is 1. The van der Waals surface area contributed by atoms with Gasteiger partial charge in [-0.2, -0.15) is 0 Å². The number of rotatable bonds is 3. The Kier molecular flexibility index (Phi) is 4.06. The Balaban J connectivity index is 2.05. The summed E-state index contributed by atoms with van der Waals surface area (Å²) in [5.74, 6) is 1.63. The summed E-state index contributed by atoms with van der Waals surface area (Å²) in [4.78, 5) is 0. The van der Waals surface area contributed by atoms with Gasteiger partial charge >= 0.3 is 0 Å². The van der Waals surface area contributed by atoms with Crippen molar-refractivity contribution in [1.82, 2.24) is 5.32 Å². The Labute approximate surface area is 104 Å². The van der Waals surface area contributed by atoms with E-state index in [1.54, 1.807) is 0 Å². The van der Waals surface area contributed by atoms with Gasteiger partial charge in [-0.25, -0.2) is 0 Å². The van der Waals surface area contributed by atoms with E-state index < -0.39 is 0 Å². The fourth-order valence-corrected chi connectivity index (χ4v) is 2.52. The topological polar surface area (TPSA) is 32.3 Å².